The van der Waals surface area contributed by atoms with Gasteiger partial charge in [0.05, 0.1) is 5.41 Å². The summed E-state index contributed by atoms with van der Waals surface area (Å²) in [5.74, 6) is 3.16. The third kappa shape index (κ3) is 2.07. The van der Waals surface area contributed by atoms with E-state index in [1.54, 1.807) is 0 Å². The Kier molecular flexibility index (Phi) is 3.40. The first-order valence-corrected chi connectivity index (χ1v) is 9.69. The summed E-state index contributed by atoms with van der Waals surface area (Å²) in [5.41, 5.74) is 0.0620. The van der Waals surface area contributed by atoms with Crippen molar-refractivity contribution in [3.63, 3.8) is 0 Å². The number of halogens is 1. The van der Waals surface area contributed by atoms with Crippen LogP contribution in [0.4, 0.5) is 0 Å². The fraction of sp³-hybridized carbons (Fsp3) is 0.941. The second-order valence-electron chi connectivity index (χ2n) is 8.00. The SMILES string of the molecule is O=C(N1CCCCC1CBr)C12CC3CC(CC(C3)C1)C2. The largest absolute Gasteiger partial charge is 0.338 e. The van der Waals surface area contributed by atoms with E-state index in [-0.39, 0.29) is 5.41 Å². The number of amides is 1. The molecule has 4 saturated carbocycles. The number of piperidine rings is 1. The number of rotatable bonds is 2. The van der Waals surface area contributed by atoms with Crippen molar-refractivity contribution < 1.29 is 4.79 Å². The first-order chi connectivity index (χ1) is 9.70. The van der Waals surface area contributed by atoms with Crippen LogP contribution in [0, 0.1) is 23.2 Å². The van der Waals surface area contributed by atoms with E-state index in [0.29, 0.717) is 11.9 Å². The highest BCUT2D eigenvalue weighted by Gasteiger charge is 2.56. The standard InChI is InChI=1S/C17H26BrNO/c18-11-15-3-1-2-4-19(15)16(20)17-8-12-5-13(9-17)7-14(6-12)10-17/h12-15H,1-11H2. The average molecular weight is 340 g/mol. The van der Waals surface area contributed by atoms with Gasteiger partial charge in [0, 0.05) is 17.9 Å². The number of carbonyl (C=O) groups excluding carboxylic acids is 1. The van der Waals surface area contributed by atoms with Crippen molar-refractivity contribution in [1.82, 2.24) is 4.90 Å². The maximum absolute atomic E-state index is 13.3. The third-order valence-corrected chi connectivity index (χ3v) is 7.31. The molecule has 5 rings (SSSR count). The summed E-state index contributed by atoms with van der Waals surface area (Å²) < 4.78 is 0. The van der Waals surface area contributed by atoms with Crippen molar-refractivity contribution in [3.05, 3.63) is 0 Å². The summed E-state index contributed by atoms with van der Waals surface area (Å²) in [6, 6.07) is 0.462. The minimum atomic E-state index is 0.0620. The zero-order chi connectivity index (χ0) is 13.7. The molecule has 0 aromatic rings. The Labute approximate surface area is 130 Å². The highest BCUT2D eigenvalue weighted by molar-refractivity contribution is 9.09. The highest BCUT2D eigenvalue weighted by atomic mass is 79.9. The van der Waals surface area contributed by atoms with Crippen LogP contribution in [0.2, 0.25) is 0 Å². The zero-order valence-corrected chi connectivity index (χ0v) is 13.9. The fourth-order valence-corrected chi connectivity index (χ4v) is 6.78. The molecule has 20 heavy (non-hydrogen) atoms. The quantitative estimate of drug-likeness (QED) is 0.697. The van der Waals surface area contributed by atoms with Gasteiger partial charge >= 0.3 is 0 Å². The topological polar surface area (TPSA) is 20.3 Å². The third-order valence-electron chi connectivity index (χ3n) is 6.56. The van der Waals surface area contributed by atoms with Gasteiger partial charge in [0.1, 0.15) is 0 Å². The molecule has 5 fully saturated rings. The molecule has 1 amide bonds. The van der Waals surface area contributed by atoms with Crippen molar-refractivity contribution in [2.75, 3.05) is 11.9 Å². The normalized spacial score (nSPS) is 46.8. The van der Waals surface area contributed by atoms with Gasteiger partial charge in [-0.2, -0.15) is 0 Å². The van der Waals surface area contributed by atoms with Crippen molar-refractivity contribution in [2.24, 2.45) is 23.2 Å². The molecule has 0 aromatic heterocycles. The minimum Gasteiger partial charge on any atom is -0.338 e. The van der Waals surface area contributed by atoms with E-state index in [2.05, 4.69) is 20.8 Å². The molecule has 0 N–H and O–H groups in total. The molecule has 3 heteroatoms. The van der Waals surface area contributed by atoms with Gasteiger partial charge in [0.15, 0.2) is 0 Å². The molecule has 5 aliphatic rings. The van der Waals surface area contributed by atoms with Crippen LogP contribution in [0.1, 0.15) is 57.8 Å². The number of alkyl halides is 1. The summed E-state index contributed by atoms with van der Waals surface area (Å²) in [4.78, 5) is 15.6. The van der Waals surface area contributed by atoms with E-state index in [9.17, 15) is 4.79 Å². The Balaban J connectivity index is 1.58. The maximum Gasteiger partial charge on any atom is 0.229 e. The Morgan fingerprint density at radius 2 is 1.65 bits per heavy atom. The summed E-state index contributed by atoms with van der Waals surface area (Å²) in [7, 11) is 0. The predicted molar refractivity (Wildman–Crippen MR) is 83.8 cm³/mol. The highest BCUT2D eigenvalue weighted by Crippen LogP contribution is 2.60. The van der Waals surface area contributed by atoms with Gasteiger partial charge in [-0.25, -0.2) is 0 Å². The van der Waals surface area contributed by atoms with Gasteiger partial charge in [-0.3, -0.25) is 4.79 Å². The summed E-state index contributed by atoms with van der Waals surface area (Å²) in [6.45, 7) is 1.01. The molecule has 1 atom stereocenters. The molecule has 112 valence electrons. The molecule has 1 unspecified atom stereocenters. The lowest BCUT2D eigenvalue weighted by Gasteiger charge is -2.57. The Bertz CT molecular complexity index is 373. The summed E-state index contributed by atoms with van der Waals surface area (Å²) in [6.07, 6.45) is 11.6. The van der Waals surface area contributed by atoms with Gasteiger partial charge in [-0.1, -0.05) is 15.9 Å². The first kappa shape index (κ1) is 13.6. The van der Waals surface area contributed by atoms with Crippen molar-refractivity contribution >= 4 is 21.8 Å². The van der Waals surface area contributed by atoms with E-state index < -0.39 is 0 Å². The van der Waals surface area contributed by atoms with Crippen LogP contribution in [0.25, 0.3) is 0 Å². The summed E-state index contributed by atoms with van der Waals surface area (Å²) >= 11 is 3.64. The van der Waals surface area contributed by atoms with Crippen LogP contribution >= 0.6 is 15.9 Å². The molecule has 0 radical (unpaired) electrons. The molecular formula is C17H26BrNO. The average Bonchev–Trinajstić information content (AvgIpc) is 2.45. The Morgan fingerprint density at radius 3 is 2.20 bits per heavy atom. The van der Waals surface area contributed by atoms with Crippen molar-refractivity contribution in [3.8, 4) is 0 Å². The number of likely N-dealkylation sites (tertiary alicyclic amines) is 1. The lowest BCUT2D eigenvalue weighted by Crippen LogP contribution is -2.57. The first-order valence-electron chi connectivity index (χ1n) is 8.57. The van der Waals surface area contributed by atoms with Crippen molar-refractivity contribution in [1.29, 1.82) is 0 Å². The van der Waals surface area contributed by atoms with Gasteiger partial charge in [0.2, 0.25) is 5.91 Å². The van der Waals surface area contributed by atoms with E-state index in [0.717, 1.165) is 29.6 Å². The van der Waals surface area contributed by atoms with Gasteiger partial charge < -0.3 is 4.90 Å². The molecule has 2 nitrogen and oxygen atoms in total. The summed E-state index contributed by atoms with van der Waals surface area (Å²) in [5, 5.41) is 0.963. The van der Waals surface area contributed by atoms with Crippen LogP contribution in [0.15, 0.2) is 0 Å². The zero-order valence-electron chi connectivity index (χ0n) is 12.3. The molecular weight excluding hydrogens is 314 g/mol. The molecule has 0 spiro atoms. The van der Waals surface area contributed by atoms with Crippen molar-refractivity contribution in [2.45, 2.75) is 63.8 Å². The second-order valence-corrected chi connectivity index (χ2v) is 8.65. The maximum atomic E-state index is 13.3. The number of hydrogen-bond donors (Lipinski definition) is 0. The van der Waals surface area contributed by atoms with Crippen LogP contribution < -0.4 is 0 Å². The Morgan fingerprint density at radius 1 is 1.05 bits per heavy atom. The van der Waals surface area contributed by atoms with E-state index in [4.69, 9.17) is 0 Å². The second kappa shape index (κ2) is 5.00. The van der Waals surface area contributed by atoms with E-state index >= 15 is 0 Å². The van der Waals surface area contributed by atoms with E-state index in [1.807, 2.05) is 0 Å². The Hall–Kier alpha value is -0.0500. The van der Waals surface area contributed by atoms with Gasteiger partial charge in [0.25, 0.3) is 0 Å². The van der Waals surface area contributed by atoms with E-state index in [1.165, 1.54) is 57.8 Å². The number of hydrogen-bond acceptors (Lipinski definition) is 1. The van der Waals surface area contributed by atoms with Gasteiger partial charge in [-0.05, 0) is 75.5 Å². The monoisotopic (exact) mass is 339 g/mol. The fourth-order valence-electron chi connectivity index (χ4n) is 6.11. The molecule has 4 aliphatic carbocycles. The van der Waals surface area contributed by atoms with Gasteiger partial charge in [-0.15, -0.1) is 0 Å². The molecule has 1 saturated heterocycles. The lowest BCUT2D eigenvalue weighted by atomic mass is 9.49. The van der Waals surface area contributed by atoms with Crippen LogP contribution in [0.3, 0.4) is 0 Å². The molecule has 0 aromatic carbocycles. The lowest BCUT2D eigenvalue weighted by molar-refractivity contribution is -0.160. The molecule has 1 aliphatic heterocycles. The van der Waals surface area contributed by atoms with Crippen LogP contribution in [-0.2, 0) is 4.79 Å². The smallest absolute Gasteiger partial charge is 0.229 e. The number of nitrogens with zero attached hydrogens (tertiary/aromatic N) is 1. The van der Waals surface area contributed by atoms with Crippen LogP contribution in [-0.4, -0.2) is 28.7 Å². The molecule has 1 heterocycles. The minimum absolute atomic E-state index is 0.0620. The number of carbonyl (C=O) groups is 1. The predicted octanol–water partition coefficient (Wildman–Crippen LogP) is 3.98. The molecule has 4 bridgehead atoms. The van der Waals surface area contributed by atoms with Crippen LogP contribution in [0.5, 0.6) is 0 Å².